The molecule has 1 aliphatic carbocycles. The number of benzene rings is 1. The smallest absolute Gasteiger partial charge is 0.246 e. The van der Waals surface area contributed by atoms with E-state index in [4.69, 9.17) is 0 Å². The maximum Gasteiger partial charge on any atom is 0.246 e. The molecule has 0 atom stereocenters. The molecule has 2 amide bonds. The van der Waals surface area contributed by atoms with E-state index < -0.39 is 0 Å². The van der Waals surface area contributed by atoms with Gasteiger partial charge in [0.15, 0.2) is 5.82 Å². The first-order valence-corrected chi connectivity index (χ1v) is 7.18. The molecule has 114 valence electrons. The summed E-state index contributed by atoms with van der Waals surface area (Å²) in [5.41, 5.74) is 1.82. The molecule has 7 heteroatoms. The van der Waals surface area contributed by atoms with Gasteiger partial charge in [0.25, 0.3) is 0 Å². The van der Waals surface area contributed by atoms with E-state index in [1.54, 1.807) is 6.20 Å². The van der Waals surface area contributed by atoms with Crippen molar-refractivity contribution in [1.82, 2.24) is 15.0 Å². The third kappa shape index (κ3) is 3.69. The number of hydrogen-bond acceptors (Lipinski definition) is 4. The number of nitrogens with one attached hydrogen (secondary N) is 2. The van der Waals surface area contributed by atoms with E-state index in [0.29, 0.717) is 5.82 Å². The van der Waals surface area contributed by atoms with Gasteiger partial charge in [-0.2, -0.15) is 0 Å². The first-order valence-electron chi connectivity index (χ1n) is 7.18. The minimum Gasteiger partial charge on any atom is -0.324 e. The quantitative estimate of drug-likeness (QED) is 0.877. The molecule has 0 aliphatic heterocycles. The van der Waals surface area contributed by atoms with Crippen LogP contribution in [-0.4, -0.2) is 26.8 Å². The summed E-state index contributed by atoms with van der Waals surface area (Å²) in [6.07, 6.45) is 3.41. The number of aromatic nitrogens is 3. The summed E-state index contributed by atoms with van der Waals surface area (Å²) in [5, 5.41) is 13.2. The van der Waals surface area contributed by atoms with Crippen LogP contribution in [0.4, 0.5) is 11.5 Å². The van der Waals surface area contributed by atoms with Crippen LogP contribution in [0, 0.1) is 12.8 Å². The Hall–Kier alpha value is -2.70. The zero-order chi connectivity index (χ0) is 15.5. The second-order valence-corrected chi connectivity index (χ2v) is 5.48. The van der Waals surface area contributed by atoms with E-state index in [9.17, 15) is 9.59 Å². The van der Waals surface area contributed by atoms with Crippen molar-refractivity contribution < 1.29 is 9.59 Å². The standard InChI is InChI=1S/C15H17N5O2/c1-10-3-2-4-12(7-10)16-14(21)9-20-8-13(18-19-20)17-15(22)11-5-6-11/h2-4,7-8,11H,5-6,9H2,1H3,(H,16,21)(H,17,22). The van der Waals surface area contributed by atoms with E-state index in [1.807, 2.05) is 31.2 Å². The Labute approximate surface area is 127 Å². The highest BCUT2D eigenvalue weighted by Gasteiger charge is 2.30. The molecule has 1 saturated carbocycles. The largest absolute Gasteiger partial charge is 0.324 e. The van der Waals surface area contributed by atoms with Crippen molar-refractivity contribution in [3.8, 4) is 0 Å². The van der Waals surface area contributed by atoms with Crippen LogP contribution in [0.5, 0.6) is 0 Å². The fourth-order valence-corrected chi connectivity index (χ4v) is 2.08. The van der Waals surface area contributed by atoms with Gasteiger partial charge in [-0.15, -0.1) is 5.10 Å². The fourth-order valence-electron chi connectivity index (χ4n) is 2.08. The molecule has 1 fully saturated rings. The van der Waals surface area contributed by atoms with E-state index >= 15 is 0 Å². The van der Waals surface area contributed by atoms with Crippen LogP contribution in [0.3, 0.4) is 0 Å². The van der Waals surface area contributed by atoms with Crippen LogP contribution >= 0.6 is 0 Å². The molecule has 3 rings (SSSR count). The Balaban J connectivity index is 1.55. The van der Waals surface area contributed by atoms with Crippen LogP contribution in [-0.2, 0) is 16.1 Å². The molecule has 1 heterocycles. The molecule has 0 saturated heterocycles. The first-order chi connectivity index (χ1) is 10.6. The summed E-state index contributed by atoms with van der Waals surface area (Å²) in [6.45, 7) is 2.00. The molecule has 7 nitrogen and oxygen atoms in total. The molecule has 0 spiro atoms. The van der Waals surface area contributed by atoms with Crippen LogP contribution in [0.2, 0.25) is 0 Å². The summed E-state index contributed by atoms with van der Waals surface area (Å²) in [7, 11) is 0. The lowest BCUT2D eigenvalue weighted by Gasteiger charge is -2.05. The molecule has 1 aromatic heterocycles. The molecule has 22 heavy (non-hydrogen) atoms. The zero-order valence-corrected chi connectivity index (χ0v) is 12.2. The molecule has 2 aromatic rings. The van der Waals surface area contributed by atoms with E-state index in [2.05, 4.69) is 20.9 Å². The summed E-state index contributed by atoms with van der Waals surface area (Å²) >= 11 is 0. The van der Waals surface area contributed by atoms with Crippen molar-refractivity contribution in [2.45, 2.75) is 26.3 Å². The van der Waals surface area contributed by atoms with Crippen LogP contribution in [0.25, 0.3) is 0 Å². The van der Waals surface area contributed by atoms with Gasteiger partial charge in [0.05, 0.1) is 6.20 Å². The molecule has 0 unspecified atom stereocenters. The molecule has 2 N–H and O–H groups in total. The highest BCUT2D eigenvalue weighted by atomic mass is 16.2. The second-order valence-electron chi connectivity index (χ2n) is 5.48. The SMILES string of the molecule is Cc1cccc(NC(=O)Cn2cc(NC(=O)C3CC3)nn2)c1. The predicted molar refractivity (Wildman–Crippen MR) is 81.2 cm³/mol. The Morgan fingerprint density at radius 1 is 1.32 bits per heavy atom. The van der Waals surface area contributed by atoms with Gasteiger partial charge in [0.2, 0.25) is 11.8 Å². The summed E-state index contributed by atoms with van der Waals surface area (Å²) in [4.78, 5) is 23.6. The minimum absolute atomic E-state index is 0.0312. The number of carbonyl (C=O) groups excluding carboxylic acids is 2. The molecular weight excluding hydrogens is 282 g/mol. The maximum absolute atomic E-state index is 12.0. The van der Waals surface area contributed by atoms with Crippen LogP contribution < -0.4 is 10.6 Å². The van der Waals surface area contributed by atoms with Crippen molar-refractivity contribution in [2.75, 3.05) is 10.6 Å². The lowest BCUT2D eigenvalue weighted by atomic mass is 10.2. The Bertz CT molecular complexity index is 705. The van der Waals surface area contributed by atoms with Crippen molar-refractivity contribution in [2.24, 2.45) is 5.92 Å². The average Bonchev–Trinajstić information content (AvgIpc) is 3.22. The predicted octanol–water partition coefficient (Wildman–Crippen LogP) is 1.57. The van der Waals surface area contributed by atoms with Gasteiger partial charge in [-0.25, -0.2) is 4.68 Å². The Kier molecular flexibility index (Phi) is 3.86. The maximum atomic E-state index is 12.0. The summed E-state index contributed by atoms with van der Waals surface area (Å²) in [6, 6.07) is 7.56. The van der Waals surface area contributed by atoms with Gasteiger partial charge < -0.3 is 10.6 Å². The lowest BCUT2D eigenvalue weighted by molar-refractivity contribution is -0.117. The Morgan fingerprint density at radius 2 is 2.14 bits per heavy atom. The van der Waals surface area contributed by atoms with Crippen LogP contribution in [0.15, 0.2) is 30.5 Å². The fraction of sp³-hybridized carbons (Fsp3) is 0.333. The number of hydrogen-bond donors (Lipinski definition) is 2. The van der Waals surface area contributed by atoms with Gasteiger partial charge in [-0.1, -0.05) is 17.3 Å². The lowest BCUT2D eigenvalue weighted by Crippen LogP contribution is -2.19. The topological polar surface area (TPSA) is 88.9 Å². The number of anilines is 2. The minimum atomic E-state index is -0.199. The monoisotopic (exact) mass is 299 g/mol. The average molecular weight is 299 g/mol. The summed E-state index contributed by atoms with van der Waals surface area (Å²) in [5.74, 6) is 0.252. The highest BCUT2D eigenvalue weighted by Crippen LogP contribution is 2.29. The number of aryl methyl sites for hydroxylation is 1. The van der Waals surface area contributed by atoms with Gasteiger partial charge >= 0.3 is 0 Å². The molecule has 1 aromatic carbocycles. The normalized spacial score (nSPS) is 13.7. The molecular formula is C15H17N5O2. The number of carbonyl (C=O) groups is 2. The highest BCUT2D eigenvalue weighted by molar-refractivity contribution is 5.93. The first kappa shape index (κ1) is 14.2. The second kappa shape index (κ2) is 5.97. The third-order valence-corrected chi connectivity index (χ3v) is 3.35. The van der Waals surface area contributed by atoms with Crippen molar-refractivity contribution >= 4 is 23.3 Å². The number of nitrogens with zero attached hydrogens (tertiary/aromatic N) is 3. The van der Waals surface area contributed by atoms with Crippen LogP contribution in [0.1, 0.15) is 18.4 Å². The zero-order valence-electron chi connectivity index (χ0n) is 12.2. The van der Waals surface area contributed by atoms with E-state index in [1.165, 1.54) is 4.68 Å². The van der Waals surface area contributed by atoms with E-state index in [-0.39, 0.29) is 24.3 Å². The molecule has 1 aliphatic rings. The van der Waals surface area contributed by atoms with E-state index in [0.717, 1.165) is 24.1 Å². The molecule has 0 radical (unpaired) electrons. The van der Waals surface area contributed by atoms with Gasteiger partial charge in [0, 0.05) is 11.6 Å². The van der Waals surface area contributed by atoms with Crippen molar-refractivity contribution in [1.29, 1.82) is 0 Å². The van der Waals surface area contributed by atoms with Crippen molar-refractivity contribution in [3.05, 3.63) is 36.0 Å². The summed E-state index contributed by atoms with van der Waals surface area (Å²) < 4.78 is 1.40. The third-order valence-electron chi connectivity index (χ3n) is 3.35. The van der Waals surface area contributed by atoms with Gasteiger partial charge in [0.1, 0.15) is 6.54 Å². The van der Waals surface area contributed by atoms with Gasteiger partial charge in [-0.05, 0) is 37.5 Å². The number of amides is 2. The number of rotatable bonds is 5. The Morgan fingerprint density at radius 3 is 2.86 bits per heavy atom. The molecule has 0 bridgehead atoms. The van der Waals surface area contributed by atoms with Crippen molar-refractivity contribution in [3.63, 3.8) is 0 Å². The van der Waals surface area contributed by atoms with Gasteiger partial charge in [-0.3, -0.25) is 9.59 Å².